The SMILES string of the molecule is O=C(O)c1cc(OCc2ccccc2)cc(CS(=O)(=O)Cc2cc(OCc3ccccc3)cc(C(=O)O)c2OCc2ccccc2)c1OCc1ccccc1. The highest BCUT2D eigenvalue weighted by Crippen LogP contribution is 2.36. The van der Waals surface area contributed by atoms with Crippen LogP contribution in [0.15, 0.2) is 146 Å². The minimum atomic E-state index is -4.21. The summed E-state index contributed by atoms with van der Waals surface area (Å²) in [5, 5.41) is 20.6. The summed E-state index contributed by atoms with van der Waals surface area (Å²) in [6.07, 6.45) is 0. The molecular weight excluding hydrogens is 721 g/mol. The van der Waals surface area contributed by atoms with Crippen LogP contribution in [0.2, 0.25) is 0 Å². The summed E-state index contributed by atoms with van der Waals surface area (Å²) in [5.74, 6) is -4.00. The zero-order chi connectivity index (χ0) is 38.6. The third-order valence-electron chi connectivity index (χ3n) is 8.44. The van der Waals surface area contributed by atoms with Crippen molar-refractivity contribution in [2.24, 2.45) is 0 Å². The molecule has 0 bridgehead atoms. The summed E-state index contributed by atoms with van der Waals surface area (Å²) in [6.45, 7) is 0.148. The maximum Gasteiger partial charge on any atom is 0.339 e. The first kappa shape index (κ1) is 38.1. The standard InChI is InChI=1S/C44H38O10S/c45-43(46)39-23-37(51-25-31-13-5-1-6-14-31)21-35(41(39)53-27-33-17-9-3-10-18-33)29-55(49,50)30-36-22-38(52-26-32-15-7-2-8-16-32)24-40(44(47)48)42(36)54-28-34-19-11-4-12-20-34/h1-24H,25-30H2,(H,45,46)(H,47,48). The van der Waals surface area contributed by atoms with Crippen LogP contribution in [0, 0.1) is 0 Å². The number of aromatic carboxylic acids is 2. The van der Waals surface area contributed by atoms with Crippen molar-refractivity contribution in [3.63, 3.8) is 0 Å². The highest BCUT2D eigenvalue weighted by atomic mass is 32.2. The minimum absolute atomic E-state index is 0.0291. The van der Waals surface area contributed by atoms with Gasteiger partial charge in [-0.1, -0.05) is 121 Å². The van der Waals surface area contributed by atoms with Gasteiger partial charge in [0.25, 0.3) is 0 Å². The van der Waals surface area contributed by atoms with Crippen molar-refractivity contribution >= 4 is 21.8 Å². The van der Waals surface area contributed by atoms with Crippen LogP contribution >= 0.6 is 0 Å². The number of hydrogen-bond donors (Lipinski definition) is 2. The van der Waals surface area contributed by atoms with E-state index in [0.717, 1.165) is 22.3 Å². The quantitative estimate of drug-likeness (QED) is 0.0875. The fraction of sp³-hybridized carbons (Fsp3) is 0.136. The van der Waals surface area contributed by atoms with Gasteiger partial charge < -0.3 is 29.2 Å². The molecule has 6 aromatic rings. The van der Waals surface area contributed by atoms with Crippen molar-refractivity contribution in [3.05, 3.63) is 190 Å². The van der Waals surface area contributed by atoms with Crippen LogP contribution < -0.4 is 18.9 Å². The monoisotopic (exact) mass is 758 g/mol. The van der Waals surface area contributed by atoms with Crippen molar-refractivity contribution in [2.45, 2.75) is 37.9 Å². The predicted molar refractivity (Wildman–Crippen MR) is 206 cm³/mol. The fourth-order valence-corrected chi connectivity index (χ4v) is 7.30. The van der Waals surface area contributed by atoms with Crippen molar-refractivity contribution in [3.8, 4) is 23.0 Å². The van der Waals surface area contributed by atoms with Crippen molar-refractivity contribution in [2.75, 3.05) is 0 Å². The van der Waals surface area contributed by atoms with Gasteiger partial charge in [-0.15, -0.1) is 0 Å². The predicted octanol–water partition coefficient (Wildman–Crippen LogP) is 8.51. The molecule has 0 spiro atoms. The molecule has 0 aliphatic rings. The van der Waals surface area contributed by atoms with Crippen LogP contribution in [0.5, 0.6) is 23.0 Å². The molecule has 0 unspecified atom stereocenters. The Morgan fingerprint density at radius 2 is 0.727 bits per heavy atom. The summed E-state index contributed by atoms with van der Waals surface area (Å²) in [7, 11) is -4.21. The third kappa shape index (κ3) is 10.7. The molecule has 0 atom stereocenters. The number of hydrogen-bond acceptors (Lipinski definition) is 8. The van der Waals surface area contributed by atoms with Gasteiger partial charge in [-0.25, -0.2) is 18.0 Å². The number of carboxylic acids is 2. The van der Waals surface area contributed by atoms with Gasteiger partial charge in [0.15, 0.2) is 9.84 Å². The smallest absolute Gasteiger partial charge is 0.339 e. The second-order valence-electron chi connectivity index (χ2n) is 12.7. The van der Waals surface area contributed by atoms with Crippen LogP contribution in [-0.2, 0) is 47.8 Å². The molecule has 2 N–H and O–H groups in total. The molecule has 6 rings (SSSR count). The Balaban J connectivity index is 1.37. The average Bonchev–Trinajstić information content (AvgIpc) is 3.19. The molecule has 0 aliphatic carbocycles. The number of carboxylic acid groups (broad SMARTS) is 2. The van der Waals surface area contributed by atoms with E-state index in [2.05, 4.69) is 0 Å². The molecule has 0 aromatic heterocycles. The van der Waals surface area contributed by atoms with E-state index in [1.807, 2.05) is 97.1 Å². The molecule has 0 fully saturated rings. The van der Waals surface area contributed by atoms with Crippen molar-refractivity contribution in [1.82, 2.24) is 0 Å². The van der Waals surface area contributed by atoms with Gasteiger partial charge >= 0.3 is 11.9 Å². The van der Waals surface area contributed by atoms with Crippen molar-refractivity contribution < 1.29 is 47.2 Å². The Morgan fingerprint density at radius 3 is 1.02 bits per heavy atom. The zero-order valence-corrected chi connectivity index (χ0v) is 30.5. The Kier molecular flexibility index (Phi) is 12.5. The van der Waals surface area contributed by atoms with Crippen molar-refractivity contribution in [1.29, 1.82) is 0 Å². The van der Waals surface area contributed by atoms with E-state index in [1.54, 1.807) is 24.3 Å². The van der Waals surface area contributed by atoms with Gasteiger partial charge in [0.1, 0.15) is 60.6 Å². The highest BCUT2D eigenvalue weighted by molar-refractivity contribution is 7.89. The lowest BCUT2D eigenvalue weighted by Gasteiger charge is -2.19. The fourth-order valence-electron chi connectivity index (χ4n) is 5.83. The third-order valence-corrected chi connectivity index (χ3v) is 9.94. The largest absolute Gasteiger partial charge is 0.489 e. The van der Waals surface area contributed by atoms with E-state index in [0.29, 0.717) is 0 Å². The molecule has 0 aliphatic heterocycles. The van der Waals surface area contributed by atoms with Crippen LogP contribution in [0.3, 0.4) is 0 Å². The van der Waals surface area contributed by atoms with Gasteiger partial charge in [0.05, 0.1) is 11.5 Å². The molecule has 0 radical (unpaired) electrons. The Hall–Kier alpha value is -6.59. The molecule has 0 heterocycles. The molecule has 55 heavy (non-hydrogen) atoms. The molecule has 0 saturated carbocycles. The number of carbonyl (C=O) groups is 2. The molecule has 280 valence electrons. The normalized spacial score (nSPS) is 11.1. The number of benzene rings is 6. The molecule has 6 aromatic carbocycles. The summed E-state index contributed by atoms with van der Waals surface area (Å²) in [6, 6.07) is 42.1. The first-order chi connectivity index (χ1) is 26.6. The van der Waals surface area contributed by atoms with Crippen LogP contribution in [-0.4, -0.2) is 30.6 Å². The first-order valence-corrected chi connectivity index (χ1v) is 19.1. The molecule has 11 heteroatoms. The van der Waals surface area contributed by atoms with Gasteiger partial charge in [0, 0.05) is 11.1 Å². The molecular formula is C44H38O10S. The molecule has 10 nitrogen and oxygen atoms in total. The average molecular weight is 759 g/mol. The lowest BCUT2D eigenvalue weighted by Crippen LogP contribution is -2.14. The summed E-state index contributed by atoms with van der Waals surface area (Å²) in [4.78, 5) is 25.3. The van der Waals surface area contributed by atoms with E-state index < -0.39 is 33.3 Å². The maximum atomic E-state index is 14.3. The molecule has 0 amide bonds. The van der Waals surface area contributed by atoms with E-state index in [1.165, 1.54) is 24.3 Å². The Bertz CT molecular complexity index is 2170. The van der Waals surface area contributed by atoms with E-state index in [9.17, 15) is 28.2 Å². The number of ether oxygens (including phenoxy) is 4. The Labute approximate surface area is 319 Å². The van der Waals surface area contributed by atoms with Gasteiger partial charge in [0.2, 0.25) is 0 Å². The van der Waals surface area contributed by atoms with Crippen LogP contribution in [0.1, 0.15) is 54.1 Å². The van der Waals surface area contributed by atoms with Crippen LogP contribution in [0.4, 0.5) is 0 Å². The summed E-state index contributed by atoms with van der Waals surface area (Å²) in [5.41, 5.74) is 2.69. The van der Waals surface area contributed by atoms with E-state index in [-0.39, 0.29) is 71.7 Å². The summed E-state index contributed by atoms with van der Waals surface area (Å²) >= 11 is 0. The second-order valence-corrected chi connectivity index (χ2v) is 14.7. The van der Waals surface area contributed by atoms with Gasteiger partial charge in [-0.05, 0) is 46.5 Å². The molecule has 0 saturated heterocycles. The maximum absolute atomic E-state index is 14.3. The first-order valence-electron chi connectivity index (χ1n) is 17.3. The van der Waals surface area contributed by atoms with E-state index >= 15 is 0 Å². The Morgan fingerprint density at radius 1 is 0.436 bits per heavy atom. The highest BCUT2D eigenvalue weighted by Gasteiger charge is 2.27. The van der Waals surface area contributed by atoms with Crippen LogP contribution in [0.25, 0.3) is 0 Å². The van der Waals surface area contributed by atoms with Gasteiger partial charge in [-0.2, -0.15) is 0 Å². The van der Waals surface area contributed by atoms with E-state index in [4.69, 9.17) is 18.9 Å². The lowest BCUT2D eigenvalue weighted by molar-refractivity contribution is 0.0680. The summed E-state index contributed by atoms with van der Waals surface area (Å²) < 4.78 is 52.6. The topological polar surface area (TPSA) is 146 Å². The number of sulfone groups is 1. The zero-order valence-electron chi connectivity index (χ0n) is 29.7. The second kappa shape index (κ2) is 18.0. The lowest BCUT2D eigenvalue weighted by atomic mass is 10.1. The number of rotatable bonds is 18. The van der Waals surface area contributed by atoms with Gasteiger partial charge in [-0.3, -0.25) is 0 Å². The minimum Gasteiger partial charge on any atom is -0.489 e.